The molecule has 6 heteroatoms. The van der Waals surface area contributed by atoms with Gasteiger partial charge in [0.25, 0.3) is 0 Å². The Bertz CT molecular complexity index is 723. The molecule has 0 atom stereocenters. The average molecular weight is 272 g/mol. The summed E-state index contributed by atoms with van der Waals surface area (Å²) in [6.45, 7) is 7.05. The lowest BCUT2D eigenvalue weighted by atomic mass is 10.1. The van der Waals surface area contributed by atoms with Crippen LogP contribution in [-0.4, -0.2) is 23.2 Å². The van der Waals surface area contributed by atoms with Crippen LogP contribution < -0.4 is 4.74 Å². The summed E-state index contributed by atoms with van der Waals surface area (Å²) in [6.07, 6.45) is 1.21. The van der Waals surface area contributed by atoms with E-state index in [9.17, 15) is 9.18 Å². The molecule has 0 saturated carbocycles. The topological polar surface area (TPSA) is 63.8 Å². The van der Waals surface area contributed by atoms with Crippen molar-refractivity contribution in [3.8, 4) is 17.0 Å². The van der Waals surface area contributed by atoms with Crippen molar-refractivity contribution in [2.75, 3.05) is 7.11 Å². The Morgan fingerprint density at radius 3 is 2.80 bits per heavy atom. The number of pyridine rings is 1. The molecule has 0 amide bonds. The van der Waals surface area contributed by atoms with Gasteiger partial charge in [-0.25, -0.2) is 14.0 Å². The summed E-state index contributed by atoms with van der Waals surface area (Å²) in [5, 5.41) is 8.88. The molecular formula is C14H9FN2O3. The molecule has 2 aromatic rings. The number of rotatable bonds is 3. The summed E-state index contributed by atoms with van der Waals surface area (Å²) in [6, 6.07) is 5.52. The van der Waals surface area contributed by atoms with Crippen LogP contribution in [0.25, 0.3) is 16.1 Å². The molecule has 5 nitrogen and oxygen atoms in total. The summed E-state index contributed by atoms with van der Waals surface area (Å²) in [4.78, 5) is 18.0. The lowest BCUT2D eigenvalue weighted by Gasteiger charge is -2.07. The normalized spacial score (nSPS) is 9.85. The molecule has 0 aliphatic heterocycles. The fourth-order valence-electron chi connectivity index (χ4n) is 1.73. The highest BCUT2D eigenvalue weighted by atomic mass is 19.1. The van der Waals surface area contributed by atoms with Gasteiger partial charge in [-0.15, -0.1) is 0 Å². The van der Waals surface area contributed by atoms with E-state index >= 15 is 0 Å². The lowest BCUT2D eigenvalue weighted by molar-refractivity contribution is 0.0692. The van der Waals surface area contributed by atoms with E-state index in [1.54, 1.807) is 0 Å². The van der Waals surface area contributed by atoms with E-state index < -0.39 is 17.3 Å². The van der Waals surface area contributed by atoms with E-state index in [0.29, 0.717) is 11.3 Å². The maximum absolute atomic E-state index is 14.1. The van der Waals surface area contributed by atoms with Crippen molar-refractivity contribution in [2.45, 2.75) is 0 Å². The molecule has 0 saturated heterocycles. The SMILES string of the molecule is [C-]#[N+]c1cc(-c2nccc(C(=O)O)c2F)ccc1OC. The second-order valence-electron chi connectivity index (χ2n) is 3.82. The third-order valence-corrected chi connectivity index (χ3v) is 2.69. The second-order valence-corrected chi connectivity index (χ2v) is 3.82. The lowest BCUT2D eigenvalue weighted by Crippen LogP contribution is -2.03. The molecule has 0 spiro atoms. The van der Waals surface area contributed by atoms with Gasteiger partial charge in [-0.3, -0.25) is 4.98 Å². The van der Waals surface area contributed by atoms with Gasteiger partial charge in [0.15, 0.2) is 5.82 Å². The van der Waals surface area contributed by atoms with Gasteiger partial charge in [-0.05, 0) is 23.8 Å². The number of hydrogen-bond donors (Lipinski definition) is 1. The Kier molecular flexibility index (Phi) is 3.62. The Labute approximate surface area is 114 Å². The van der Waals surface area contributed by atoms with E-state index in [2.05, 4.69) is 9.83 Å². The van der Waals surface area contributed by atoms with Crippen molar-refractivity contribution < 1.29 is 19.0 Å². The maximum Gasteiger partial charge on any atom is 0.338 e. The molecule has 100 valence electrons. The number of carboxylic acid groups (broad SMARTS) is 1. The van der Waals surface area contributed by atoms with Crippen LogP contribution in [0.5, 0.6) is 5.75 Å². The minimum atomic E-state index is -1.37. The van der Waals surface area contributed by atoms with Crippen molar-refractivity contribution in [2.24, 2.45) is 0 Å². The Balaban J connectivity index is 2.61. The molecule has 0 aliphatic carbocycles. The highest BCUT2D eigenvalue weighted by Crippen LogP contribution is 2.33. The smallest absolute Gasteiger partial charge is 0.338 e. The Hall–Kier alpha value is -2.94. The van der Waals surface area contributed by atoms with E-state index in [-0.39, 0.29) is 11.4 Å². The first-order valence-electron chi connectivity index (χ1n) is 5.52. The summed E-state index contributed by atoms with van der Waals surface area (Å²) < 4.78 is 19.1. The fraction of sp³-hybridized carbons (Fsp3) is 0.0714. The number of carboxylic acids is 1. The van der Waals surface area contributed by atoms with Crippen LogP contribution in [0.1, 0.15) is 10.4 Å². The van der Waals surface area contributed by atoms with Gasteiger partial charge < -0.3 is 9.84 Å². The van der Waals surface area contributed by atoms with Crippen molar-refractivity contribution in [3.05, 3.63) is 53.3 Å². The summed E-state index contributed by atoms with van der Waals surface area (Å²) in [5.74, 6) is -1.94. The molecule has 1 aromatic heterocycles. The van der Waals surface area contributed by atoms with Crippen LogP contribution in [0.2, 0.25) is 0 Å². The number of ether oxygens (including phenoxy) is 1. The summed E-state index contributed by atoms with van der Waals surface area (Å²) >= 11 is 0. The molecule has 0 radical (unpaired) electrons. The van der Waals surface area contributed by atoms with Gasteiger partial charge >= 0.3 is 5.97 Å². The molecule has 0 aliphatic rings. The zero-order chi connectivity index (χ0) is 14.7. The van der Waals surface area contributed by atoms with Gasteiger partial charge in [-0.1, -0.05) is 6.07 Å². The molecule has 0 bridgehead atoms. The van der Waals surface area contributed by atoms with Crippen molar-refractivity contribution in [1.82, 2.24) is 4.98 Å². The number of carbonyl (C=O) groups is 1. The first kappa shape index (κ1) is 13.5. The van der Waals surface area contributed by atoms with Gasteiger partial charge in [0.1, 0.15) is 11.4 Å². The average Bonchev–Trinajstić information content (AvgIpc) is 2.46. The highest BCUT2D eigenvalue weighted by molar-refractivity contribution is 5.89. The molecular weight excluding hydrogens is 263 g/mol. The van der Waals surface area contributed by atoms with Crippen LogP contribution >= 0.6 is 0 Å². The van der Waals surface area contributed by atoms with Crippen LogP contribution in [0.3, 0.4) is 0 Å². The standard InChI is InChI=1S/C14H9FN2O3/c1-16-10-7-8(3-4-11(10)20-2)13-12(15)9(14(18)19)5-6-17-13/h3-7H,2H3,(H,18,19). The summed E-state index contributed by atoms with van der Waals surface area (Å²) in [5.41, 5.74) is -0.0584. The van der Waals surface area contributed by atoms with Crippen molar-refractivity contribution in [1.29, 1.82) is 0 Å². The van der Waals surface area contributed by atoms with E-state index in [0.717, 1.165) is 6.07 Å². The molecule has 0 fully saturated rings. The largest absolute Gasteiger partial charge is 0.508 e. The Morgan fingerprint density at radius 1 is 1.45 bits per heavy atom. The van der Waals surface area contributed by atoms with Gasteiger partial charge in [0, 0.05) is 6.20 Å². The third kappa shape index (κ3) is 2.29. The monoisotopic (exact) mass is 272 g/mol. The van der Waals surface area contributed by atoms with Crippen LogP contribution in [0, 0.1) is 12.4 Å². The third-order valence-electron chi connectivity index (χ3n) is 2.69. The number of nitrogens with zero attached hydrogens (tertiary/aromatic N) is 2. The van der Waals surface area contributed by atoms with E-state index in [1.807, 2.05) is 0 Å². The van der Waals surface area contributed by atoms with Crippen LogP contribution in [-0.2, 0) is 0 Å². The first-order chi connectivity index (χ1) is 9.58. The Morgan fingerprint density at radius 2 is 2.20 bits per heavy atom. The number of methoxy groups -OCH3 is 1. The number of benzene rings is 1. The fourth-order valence-corrected chi connectivity index (χ4v) is 1.73. The maximum atomic E-state index is 14.1. The molecule has 20 heavy (non-hydrogen) atoms. The summed E-state index contributed by atoms with van der Waals surface area (Å²) in [7, 11) is 1.42. The van der Waals surface area contributed by atoms with Crippen molar-refractivity contribution >= 4 is 11.7 Å². The highest BCUT2D eigenvalue weighted by Gasteiger charge is 2.17. The van der Waals surface area contributed by atoms with Crippen LogP contribution in [0.4, 0.5) is 10.1 Å². The minimum absolute atomic E-state index is 0.113. The molecule has 0 unspecified atom stereocenters. The molecule has 1 N–H and O–H groups in total. The van der Waals surface area contributed by atoms with E-state index in [1.165, 1.54) is 31.5 Å². The number of hydrogen-bond acceptors (Lipinski definition) is 3. The number of aromatic carboxylic acids is 1. The molecule has 1 aromatic carbocycles. The zero-order valence-electron chi connectivity index (χ0n) is 10.4. The van der Waals surface area contributed by atoms with E-state index in [4.69, 9.17) is 16.4 Å². The zero-order valence-corrected chi connectivity index (χ0v) is 10.4. The molecule has 2 rings (SSSR count). The van der Waals surface area contributed by atoms with Gasteiger partial charge in [0.05, 0.1) is 19.2 Å². The molecule has 1 heterocycles. The second kappa shape index (κ2) is 5.36. The van der Waals surface area contributed by atoms with Crippen molar-refractivity contribution in [3.63, 3.8) is 0 Å². The number of halogens is 1. The van der Waals surface area contributed by atoms with Gasteiger partial charge in [0.2, 0.25) is 5.69 Å². The quantitative estimate of drug-likeness (QED) is 0.872. The van der Waals surface area contributed by atoms with Crippen LogP contribution in [0.15, 0.2) is 30.5 Å². The number of aromatic nitrogens is 1. The minimum Gasteiger partial charge on any atom is -0.508 e. The predicted octanol–water partition coefficient (Wildman–Crippen LogP) is 3.15. The first-order valence-corrected chi connectivity index (χ1v) is 5.52. The predicted molar refractivity (Wildman–Crippen MR) is 69.4 cm³/mol. The van der Waals surface area contributed by atoms with Gasteiger partial charge in [-0.2, -0.15) is 0 Å².